The van der Waals surface area contributed by atoms with Crippen LogP contribution in [0.1, 0.15) is 55.7 Å². The molecule has 2 aromatic rings. The lowest BCUT2D eigenvalue weighted by Crippen LogP contribution is -2.46. The third-order valence-electron chi connectivity index (χ3n) is 6.61. The summed E-state index contributed by atoms with van der Waals surface area (Å²) in [4.78, 5) is 0. The van der Waals surface area contributed by atoms with Gasteiger partial charge in [0, 0.05) is 28.5 Å². The average molecular weight is 461 g/mol. The van der Waals surface area contributed by atoms with E-state index in [9.17, 15) is 0 Å². The average Bonchev–Trinajstić information content (AvgIpc) is 3.24. The quantitative estimate of drug-likeness (QED) is 0.524. The molecule has 1 fully saturated rings. The van der Waals surface area contributed by atoms with Gasteiger partial charge in [-0.05, 0) is 43.2 Å². The van der Waals surface area contributed by atoms with Crippen molar-refractivity contribution in [3.05, 3.63) is 51.5 Å². The van der Waals surface area contributed by atoms with Crippen LogP contribution in [0.2, 0.25) is 10.0 Å². The van der Waals surface area contributed by atoms with Crippen LogP contribution in [0.5, 0.6) is 17.2 Å². The van der Waals surface area contributed by atoms with Gasteiger partial charge in [-0.25, -0.2) is 5.01 Å². The number of methoxy groups -OCH3 is 2. The van der Waals surface area contributed by atoms with Gasteiger partial charge in [-0.15, -0.1) is 0 Å². The molecule has 2 atom stereocenters. The molecular formula is C24H26Cl2N2O3. The third kappa shape index (κ3) is 3.72. The summed E-state index contributed by atoms with van der Waals surface area (Å²) in [6.07, 6.45) is 6.69. The Hall–Kier alpha value is -2.11. The van der Waals surface area contributed by atoms with Crippen LogP contribution in [-0.4, -0.2) is 31.2 Å². The highest BCUT2D eigenvalue weighted by atomic mass is 35.5. The van der Waals surface area contributed by atoms with Crippen LogP contribution in [-0.2, 0) is 0 Å². The Morgan fingerprint density at radius 1 is 1.00 bits per heavy atom. The van der Waals surface area contributed by atoms with Gasteiger partial charge in [-0.3, -0.25) is 0 Å². The van der Waals surface area contributed by atoms with E-state index in [-0.39, 0.29) is 12.3 Å². The highest BCUT2D eigenvalue weighted by Crippen LogP contribution is 2.49. The Bertz CT molecular complexity index is 1020. The van der Waals surface area contributed by atoms with Crippen molar-refractivity contribution in [1.29, 1.82) is 0 Å². The van der Waals surface area contributed by atoms with Gasteiger partial charge >= 0.3 is 0 Å². The van der Waals surface area contributed by atoms with Crippen molar-refractivity contribution in [2.24, 2.45) is 11.0 Å². The summed E-state index contributed by atoms with van der Waals surface area (Å²) >= 11 is 12.9. The predicted molar refractivity (Wildman–Crippen MR) is 123 cm³/mol. The maximum absolute atomic E-state index is 6.57. The SMILES string of the molecule is COc1ccc(C2=NN3C(C2)c2cc(Cl)cc(Cl)c2OC3C2CCCCC2)cc1OC. The molecule has 0 aromatic heterocycles. The van der Waals surface area contributed by atoms with E-state index >= 15 is 0 Å². The number of halogens is 2. The largest absolute Gasteiger partial charge is 0.493 e. The molecule has 0 radical (unpaired) electrons. The van der Waals surface area contributed by atoms with Crippen LogP contribution >= 0.6 is 23.2 Å². The number of fused-ring (bicyclic) bond motifs is 3. The number of ether oxygens (including phenoxy) is 3. The maximum atomic E-state index is 6.57. The Balaban J connectivity index is 1.55. The van der Waals surface area contributed by atoms with Gasteiger partial charge in [0.25, 0.3) is 0 Å². The maximum Gasteiger partial charge on any atom is 0.190 e. The summed E-state index contributed by atoms with van der Waals surface area (Å²) in [5, 5.41) is 8.40. The monoisotopic (exact) mass is 460 g/mol. The van der Waals surface area contributed by atoms with Gasteiger partial charge in [-0.2, -0.15) is 5.10 Å². The highest BCUT2D eigenvalue weighted by Gasteiger charge is 2.44. The molecule has 0 amide bonds. The minimum absolute atomic E-state index is 0.0509. The van der Waals surface area contributed by atoms with Crippen LogP contribution in [0.4, 0.5) is 0 Å². The van der Waals surface area contributed by atoms with Crippen LogP contribution in [0.3, 0.4) is 0 Å². The fraction of sp³-hybridized carbons (Fsp3) is 0.458. The zero-order chi connectivity index (χ0) is 21.5. The minimum atomic E-state index is -0.117. The number of hydrazone groups is 1. The molecule has 31 heavy (non-hydrogen) atoms. The van der Waals surface area contributed by atoms with E-state index in [1.54, 1.807) is 20.3 Å². The smallest absolute Gasteiger partial charge is 0.190 e. The van der Waals surface area contributed by atoms with Crippen molar-refractivity contribution < 1.29 is 14.2 Å². The molecule has 2 aromatic carbocycles. The second-order valence-corrected chi connectivity index (χ2v) is 9.27. The first-order valence-electron chi connectivity index (χ1n) is 10.8. The molecule has 0 N–H and O–H groups in total. The van der Waals surface area contributed by atoms with E-state index in [0.717, 1.165) is 41.9 Å². The van der Waals surface area contributed by atoms with Crippen LogP contribution in [0.15, 0.2) is 35.4 Å². The van der Waals surface area contributed by atoms with Crippen molar-refractivity contribution in [3.8, 4) is 17.2 Å². The van der Waals surface area contributed by atoms with Crippen LogP contribution in [0, 0.1) is 5.92 Å². The highest BCUT2D eigenvalue weighted by molar-refractivity contribution is 6.35. The predicted octanol–water partition coefficient (Wildman–Crippen LogP) is 6.46. The number of nitrogens with zero attached hydrogens (tertiary/aromatic N) is 2. The second-order valence-electron chi connectivity index (χ2n) is 8.43. The summed E-state index contributed by atoms with van der Waals surface area (Å²) < 4.78 is 17.4. The first-order valence-corrected chi connectivity index (χ1v) is 11.6. The molecule has 5 nitrogen and oxygen atoms in total. The van der Waals surface area contributed by atoms with Crippen molar-refractivity contribution in [1.82, 2.24) is 5.01 Å². The standard InChI is InChI=1S/C24H26Cl2N2O3/c1-29-21-9-8-15(10-22(21)30-2)19-13-20-17-11-16(25)12-18(26)23(17)31-24(28(20)27-19)14-6-4-3-5-7-14/h8-12,14,20,24H,3-7,13H2,1-2H3. The molecule has 1 saturated carbocycles. The Morgan fingerprint density at radius 3 is 2.52 bits per heavy atom. The van der Waals surface area contributed by atoms with Crippen molar-refractivity contribution in [3.63, 3.8) is 0 Å². The Kier molecular flexibility index (Phi) is 5.65. The minimum Gasteiger partial charge on any atom is -0.493 e. The molecule has 0 saturated heterocycles. The normalized spacial score (nSPS) is 23.0. The third-order valence-corrected chi connectivity index (χ3v) is 7.11. The summed E-state index contributed by atoms with van der Waals surface area (Å²) in [5.74, 6) is 2.59. The lowest BCUT2D eigenvalue weighted by atomic mass is 9.86. The van der Waals surface area contributed by atoms with Gasteiger partial charge in [0.05, 0.1) is 31.0 Å². The summed E-state index contributed by atoms with van der Waals surface area (Å²) in [5.41, 5.74) is 3.02. The van der Waals surface area contributed by atoms with E-state index < -0.39 is 0 Å². The topological polar surface area (TPSA) is 43.3 Å². The zero-order valence-electron chi connectivity index (χ0n) is 17.7. The molecule has 2 heterocycles. The second kappa shape index (κ2) is 8.44. The van der Waals surface area contributed by atoms with E-state index in [2.05, 4.69) is 5.01 Å². The van der Waals surface area contributed by atoms with Gasteiger partial charge in [0.15, 0.2) is 17.7 Å². The first kappa shape index (κ1) is 20.8. The summed E-state index contributed by atoms with van der Waals surface area (Å²) in [6.45, 7) is 0. The molecule has 3 aliphatic rings. The Morgan fingerprint density at radius 2 is 1.77 bits per heavy atom. The number of rotatable bonds is 4. The fourth-order valence-electron chi connectivity index (χ4n) is 5.06. The molecule has 1 aliphatic carbocycles. The van der Waals surface area contributed by atoms with Crippen molar-refractivity contribution >= 4 is 28.9 Å². The van der Waals surface area contributed by atoms with E-state index in [1.165, 1.54) is 19.3 Å². The molecular weight excluding hydrogens is 435 g/mol. The number of hydrogen-bond acceptors (Lipinski definition) is 5. The van der Waals surface area contributed by atoms with Crippen molar-refractivity contribution in [2.45, 2.75) is 50.8 Å². The lowest BCUT2D eigenvalue weighted by molar-refractivity contribution is -0.0642. The molecule has 2 unspecified atom stereocenters. The van der Waals surface area contributed by atoms with Gasteiger partial charge in [-0.1, -0.05) is 42.5 Å². The van der Waals surface area contributed by atoms with E-state index in [4.69, 9.17) is 42.5 Å². The molecule has 2 aliphatic heterocycles. The van der Waals surface area contributed by atoms with E-state index in [1.807, 2.05) is 24.3 Å². The fourth-order valence-corrected chi connectivity index (χ4v) is 5.62. The van der Waals surface area contributed by atoms with Crippen molar-refractivity contribution in [2.75, 3.05) is 14.2 Å². The molecule has 7 heteroatoms. The summed E-state index contributed by atoms with van der Waals surface area (Å²) in [6, 6.07) is 9.71. The number of hydrogen-bond donors (Lipinski definition) is 0. The van der Waals surface area contributed by atoms with Gasteiger partial charge in [0.1, 0.15) is 5.75 Å². The Labute approximate surface area is 192 Å². The lowest BCUT2D eigenvalue weighted by Gasteiger charge is -2.43. The zero-order valence-corrected chi connectivity index (χ0v) is 19.2. The summed E-state index contributed by atoms with van der Waals surface area (Å²) in [7, 11) is 3.29. The molecule has 164 valence electrons. The van der Waals surface area contributed by atoms with Gasteiger partial charge in [0.2, 0.25) is 0 Å². The molecule has 0 spiro atoms. The van der Waals surface area contributed by atoms with Crippen LogP contribution in [0.25, 0.3) is 0 Å². The van der Waals surface area contributed by atoms with Crippen LogP contribution < -0.4 is 14.2 Å². The molecule has 0 bridgehead atoms. The molecule has 5 rings (SSSR count). The van der Waals surface area contributed by atoms with Gasteiger partial charge < -0.3 is 14.2 Å². The van der Waals surface area contributed by atoms with E-state index in [0.29, 0.717) is 27.5 Å². The number of benzene rings is 2. The first-order chi connectivity index (χ1) is 15.1.